The summed E-state index contributed by atoms with van der Waals surface area (Å²) >= 11 is 0. The molecule has 0 N–H and O–H groups in total. The molecule has 0 aliphatic carbocycles. The zero-order valence-electron chi connectivity index (χ0n) is 46.3. The SMILES string of the molecule is CCCCCCC/C=C\C/C=C\C/C=C\CCCCCCCCCCCCC(=O)OCC(COC(=O)CCCCCCCCCCCC)OC(=O)CCCCCCCCCCCCCCCCCC. The second-order valence-electron chi connectivity index (χ2n) is 20.6. The highest BCUT2D eigenvalue weighted by Crippen LogP contribution is 2.17. The van der Waals surface area contributed by atoms with Gasteiger partial charge in [0.15, 0.2) is 6.10 Å². The van der Waals surface area contributed by atoms with Gasteiger partial charge in [0.1, 0.15) is 13.2 Å². The highest BCUT2D eigenvalue weighted by atomic mass is 16.6. The summed E-state index contributed by atoms with van der Waals surface area (Å²) in [5, 5.41) is 0. The second-order valence-corrected chi connectivity index (χ2v) is 20.6. The third-order valence-electron chi connectivity index (χ3n) is 13.6. The summed E-state index contributed by atoms with van der Waals surface area (Å²) in [4.78, 5) is 38.1. The van der Waals surface area contributed by atoms with E-state index in [1.807, 2.05) is 0 Å². The number of hydrogen-bond donors (Lipinski definition) is 0. The van der Waals surface area contributed by atoms with E-state index in [-0.39, 0.29) is 31.1 Å². The fourth-order valence-corrected chi connectivity index (χ4v) is 9.04. The van der Waals surface area contributed by atoms with Crippen LogP contribution >= 0.6 is 0 Å². The molecule has 1 atom stereocenters. The van der Waals surface area contributed by atoms with Crippen LogP contribution in [0.1, 0.15) is 329 Å². The Morgan fingerprint density at radius 2 is 0.522 bits per heavy atom. The normalized spacial score (nSPS) is 12.2. The maximum absolute atomic E-state index is 12.8. The average Bonchev–Trinajstić information content (AvgIpc) is 3.35. The lowest BCUT2D eigenvalue weighted by atomic mass is 10.0. The van der Waals surface area contributed by atoms with Gasteiger partial charge in [-0.25, -0.2) is 0 Å². The van der Waals surface area contributed by atoms with Crippen molar-refractivity contribution in [1.82, 2.24) is 0 Å². The van der Waals surface area contributed by atoms with Crippen LogP contribution in [0.4, 0.5) is 0 Å². The molecule has 69 heavy (non-hydrogen) atoms. The third-order valence-corrected chi connectivity index (χ3v) is 13.6. The minimum Gasteiger partial charge on any atom is -0.462 e. The Bertz CT molecular complexity index is 1160. The van der Waals surface area contributed by atoms with Crippen LogP contribution in [0.15, 0.2) is 36.5 Å². The molecule has 0 bridgehead atoms. The van der Waals surface area contributed by atoms with Crippen molar-refractivity contribution in [3.05, 3.63) is 36.5 Å². The Kier molecular flexibility index (Phi) is 56.2. The van der Waals surface area contributed by atoms with E-state index in [1.165, 1.54) is 218 Å². The highest BCUT2D eigenvalue weighted by Gasteiger charge is 2.19. The van der Waals surface area contributed by atoms with E-state index in [1.54, 1.807) is 0 Å². The molecular formula is C63H116O6. The van der Waals surface area contributed by atoms with Crippen LogP contribution in [0.5, 0.6) is 0 Å². The topological polar surface area (TPSA) is 78.9 Å². The molecule has 0 aromatic carbocycles. The Balaban J connectivity index is 4.21. The molecule has 0 aromatic rings. The first-order valence-corrected chi connectivity index (χ1v) is 30.5. The predicted octanol–water partition coefficient (Wildman–Crippen LogP) is 20.4. The van der Waals surface area contributed by atoms with Gasteiger partial charge in [-0.15, -0.1) is 0 Å². The van der Waals surface area contributed by atoms with Gasteiger partial charge < -0.3 is 14.2 Å². The van der Waals surface area contributed by atoms with Crippen LogP contribution in [0.25, 0.3) is 0 Å². The summed E-state index contributed by atoms with van der Waals surface area (Å²) in [6.45, 7) is 6.66. The summed E-state index contributed by atoms with van der Waals surface area (Å²) in [6, 6.07) is 0. The molecule has 0 heterocycles. The molecular weight excluding hydrogens is 853 g/mol. The number of esters is 3. The molecule has 0 aromatic heterocycles. The summed E-state index contributed by atoms with van der Waals surface area (Å²) < 4.78 is 16.9. The Morgan fingerprint density at radius 3 is 0.812 bits per heavy atom. The number of carbonyl (C=O) groups is 3. The van der Waals surface area contributed by atoms with Crippen molar-refractivity contribution in [3.8, 4) is 0 Å². The number of ether oxygens (including phenoxy) is 3. The lowest BCUT2D eigenvalue weighted by Gasteiger charge is -2.18. The maximum atomic E-state index is 12.8. The summed E-state index contributed by atoms with van der Waals surface area (Å²) in [6.07, 6.45) is 70.0. The van der Waals surface area contributed by atoms with E-state index in [0.717, 1.165) is 70.6 Å². The standard InChI is InChI=1S/C63H116O6/c1-4-7-10-13-16-19-22-24-26-28-29-30-31-32-33-34-35-36-38-39-41-44-47-50-53-56-62(65)68-59-60(58-67-61(64)55-52-49-46-43-21-18-15-12-9-6-3)69-63(66)57-54-51-48-45-42-40-37-27-25-23-20-17-14-11-8-5-2/h22,24,28-29,31-32,60H,4-21,23,25-27,30,33-59H2,1-3H3/b24-22-,29-28-,32-31-. The van der Waals surface area contributed by atoms with Crippen LogP contribution in [0, 0.1) is 0 Å². The van der Waals surface area contributed by atoms with Crippen LogP contribution in [0.3, 0.4) is 0 Å². The molecule has 404 valence electrons. The van der Waals surface area contributed by atoms with E-state index >= 15 is 0 Å². The fourth-order valence-electron chi connectivity index (χ4n) is 9.04. The molecule has 0 radical (unpaired) electrons. The molecule has 6 nitrogen and oxygen atoms in total. The molecule has 6 heteroatoms. The quantitative estimate of drug-likeness (QED) is 0.0261. The molecule has 0 fully saturated rings. The van der Waals surface area contributed by atoms with E-state index < -0.39 is 6.10 Å². The first-order valence-electron chi connectivity index (χ1n) is 30.5. The predicted molar refractivity (Wildman–Crippen MR) is 298 cm³/mol. The van der Waals surface area contributed by atoms with Crippen molar-refractivity contribution in [3.63, 3.8) is 0 Å². The number of unbranched alkanes of at least 4 members (excludes halogenated alkanes) is 39. The van der Waals surface area contributed by atoms with Crippen molar-refractivity contribution < 1.29 is 28.6 Å². The van der Waals surface area contributed by atoms with Crippen LogP contribution in [0.2, 0.25) is 0 Å². The van der Waals surface area contributed by atoms with Gasteiger partial charge in [0.2, 0.25) is 0 Å². The number of rotatable bonds is 56. The molecule has 0 aliphatic heterocycles. The lowest BCUT2D eigenvalue weighted by Crippen LogP contribution is -2.30. The molecule has 0 saturated heterocycles. The molecule has 0 aliphatic rings. The van der Waals surface area contributed by atoms with Gasteiger partial charge >= 0.3 is 17.9 Å². The third kappa shape index (κ3) is 56.4. The van der Waals surface area contributed by atoms with Gasteiger partial charge in [-0.05, 0) is 57.8 Å². The monoisotopic (exact) mass is 969 g/mol. The Morgan fingerprint density at radius 1 is 0.290 bits per heavy atom. The first-order chi connectivity index (χ1) is 34.0. The van der Waals surface area contributed by atoms with Crippen molar-refractivity contribution in [1.29, 1.82) is 0 Å². The van der Waals surface area contributed by atoms with E-state index in [9.17, 15) is 14.4 Å². The summed E-state index contributed by atoms with van der Waals surface area (Å²) in [7, 11) is 0. The van der Waals surface area contributed by atoms with E-state index in [2.05, 4.69) is 57.2 Å². The lowest BCUT2D eigenvalue weighted by molar-refractivity contribution is -0.167. The summed E-state index contributed by atoms with van der Waals surface area (Å²) in [5.74, 6) is -0.854. The van der Waals surface area contributed by atoms with E-state index in [4.69, 9.17) is 14.2 Å². The molecule has 0 amide bonds. The van der Waals surface area contributed by atoms with Gasteiger partial charge in [0, 0.05) is 19.3 Å². The molecule has 0 saturated carbocycles. The van der Waals surface area contributed by atoms with E-state index in [0.29, 0.717) is 19.3 Å². The minimum absolute atomic E-state index is 0.0682. The van der Waals surface area contributed by atoms with Gasteiger partial charge in [0.05, 0.1) is 0 Å². The smallest absolute Gasteiger partial charge is 0.306 e. The van der Waals surface area contributed by atoms with Gasteiger partial charge in [-0.1, -0.05) is 288 Å². The minimum atomic E-state index is -0.768. The van der Waals surface area contributed by atoms with Crippen LogP contribution in [-0.4, -0.2) is 37.2 Å². The number of allylic oxidation sites excluding steroid dienone is 6. The van der Waals surface area contributed by atoms with Crippen molar-refractivity contribution in [2.75, 3.05) is 13.2 Å². The van der Waals surface area contributed by atoms with Gasteiger partial charge in [-0.3, -0.25) is 14.4 Å². The Labute approximate surface area is 429 Å². The number of hydrogen-bond acceptors (Lipinski definition) is 6. The average molecular weight is 970 g/mol. The highest BCUT2D eigenvalue weighted by molar-refractivity contribution is 5.71. The van der Waals surface area contributed by atoms with Crippen LogP contribution in [-0.2, 0) is 28.6 Å². The number of carbonyl (C=O) groups excluding carboxylic acids is 3. The van der Waals surface area contributed by atoms with Crippen molar-refractivity contribution in [2.45, 2.75) is 335 Å². The molecule has 0 spiro atoms. The Hall–Kier alpha value is -2.37. The molecule has 0 rings (SSSR count). The van der Waals surface area contributed by atoms with Gasteiger partial charge in [0.25, 0.3) is 0 Å². The zero-order chi connectivity index (χ0) is 50.0. The van der Waals surface area contributed by atoms with Crippen LogP contribution < -0.4 is 0 Å². The maximum Gasteiger partial charge on any atom is 0.306 e. The van der Waals surface area contributed by atoms with Crippen molar-refractivity contribution in [2.24, 2.45) is 0 Å². The largest absolute Gasteiger partial charge is 0.462 e. The fraction of sp³-hybridized carbons (Fsp3) is 0.857. The van der Waals surface area contributed by atoms with Crippen molar-refractivity contribution >= 4 is 17.9 Å². The first kappa shape index (κ1) is 66.6. The zero-order valence-corrected chi connectivity index (χ0v) is 46.3. The second kappa shape index (κ2) is 58.2. The molecule has 1 unspecified atom stereocenters. The summed E-state index contributed by atoms with van der Waals surface area (Å²) in [5.41, 5.74) is 0. The van der Waals surface area contributed by atoms with Gasteiger partial charge in [-0.2, -0.15) is 0 Å².